The molecule has 5 nitrogen and oxygen atoms in total. The zero-order chi connectivity index (χ0) is 17.8. The van der Waals surface area contributed by atoms with Crippen LogP contribution in [0.25, 0.3) is 11.3 Å². The Morgan fingerprint density at radius 3 is 2.64 bits per heavy atom. The number of methoxy groups -OCH3 is 1. The molecule has 25 heavy (non-hydrogen) atoms. The van der Waals surface area contributed by atoms with Crippen LogP contribution in [0.2, 0.25) is 0 Å². The minimum Gasteiger partial charge on any atom is -0.497 e. The maximum Gasteiger partial charge on any atom is 0.265 e. The van der Waals surface area contributed by atoms with Gasteiger partial charge in [0.1, 0.15) is 11.4 Å². The minimum absolute atomic E-state index is 0.115. The number of rotatable bonds is 6. The number of thiophene rings is 1. The highest BCUT2D eigenvalue weighted by Gasteiger charge is 2.19. The first-order valence-electron chi connectivity index (χ1n) is 8.15. The van der Waals surface area contributed by atoms with E-state index in [4.69, 9.17) is 4.74 Å². The van der Waals surface area contributed by atoms with Crippen LogP contribution in [-0.2, 0) is 6.42 Å². The van der Waals surface area contributed by atoms with Crippen molar-refractivity contribution in [3.8, 4) is 17.0 Å². The summed E-state index contributed by atoms with van der Waals surface area (Å²) in [6.07, 6.45) is 0.809. The summed E-state index contributed by atoms with van der Waals surface area (Å²) in [5, 5.41) is 12.5. The number of ether oxygens (including phenoxy) is 1. The molecule has 2 N–H and O–H groups in total. The van der Waals surface area contributed by atoms with Gasteiger partial charge in [0.25, 0.3) is 5.91 Å². The third-order valence-electron chi connectivity index (χ3n) is 3.80. The standard InChI is InChI=1S/C19H21N3O2S/c1-12(2)11-15-18(20-19(23)16-5-4-10-25-16)17(22-21-15)13-6-8-14(24-3)9-7-13/h4-10,12H,11H2,1-3H3,(H,20,23)(H,21,22). The van der Waals surface area contributed by atoms with Crippen molar-refractivity contribution in [1.82, 2.24) is 10.2 Å². The maximum atomic E-state index is 12.5. The van der Waals surface area contributed by atoms with Gasteiger partial charge in [0.05, 0.1) is 23.4 Å². The normalized spacial score (nSPS) is 10.9. The summed E-state index contributed by atoms with van der Waals surface area (Å²) >= 11 is 1.42. The monoisotopic (exact) mass is 355 g/mol. The molecule has 3 aromatic rings. The van der Waals surface area contributed by atoms with Crippen LogP contribution < -0.4 is 10.1 Å². The first kappa shape index (κ1) is 17.2. The number of amides is 1. The van der Waals surface area contributed by atoms with Crippen molar-refractivity contribution < 1.29 is 9.53 Å². The fraction of sp³-hybridized carbons (Fsp3) is 0.263. The molecule has 3 rings (SSSR count). The number of hydrogen-bond acceptors (Lipinski definition) is 4. The van der Waals surface area contributed by atoms with Crippen molar-refractivity contribution >= 4 is 22.9 Å². The van der Waals surface area contributed by atoms with E-state index in [2.05, 4.69) is 29.4 Å². The average Bonchev–Trinajstić information content (AvgIpc) is 3.26. The molecule has 0 atom stereocenters. The predicted octanol–water partition coefficient (Wildman–Crippen LogP) is 4.60. The molecule has 6 heteroatoms. The van der Waals surface area contributed by atoms with Crippen LogP contribution in [0.15, 0.2) is 41.8 Å². The summed E-state index contributed by atoms with van der Waals surface area (Å²) in [6, 6.07) is 11.3. The van der Waals surface area contributed by atoms with Gasteiger partial charge in [-0.25, -0.2) is 0 Å². The topological polar surface area (TPSA) is 67.0 Å². The zero-order valence-corrected chi connectivity index (χ0v) is 15.3. The van der Waals surface area contributed by atoms with Crippen LogP contribution in [0.3, 0.4) is 0 Å². The van der Waals surface area contributed by atoms with E-state index in [-0.39, 0.29) is 5.91 Å². The van der Waals surface area contributed by atoms with E-state index >= 15 is 0 Å². The first-order valence-corrected chi connectivity index (χ1v) is 9.03. The summed E-state index contributed by atoms with van der Waals surface area (Å²) in [4.78, 5) is 13.2. The maximum absolute atomic E-state index is 12.5. The van der Waals surface area contributed by atoms with Gasteiger partial charge in [0.2, 0.25) is 0 Å². The lowest BCUT2D eigenvalue weighted by Crippen LogP contribution is -2.12. The van der Waals surface area contributed by atoms with Crippen LogP contribution in [-0.4, -0.2) is 23.2 Å². The first-order chi connectivity index (χ1) is 12.1. The van der Waals surface area contributed by atoms with Crippen molar-refractivity contribution in [2.45, 2.75) is 20.3 Å². The van der Waals surface area contributed by atoms with Gasteiger partial charge in [-0.3, -0.25) is 9.89 Å². The molecule has 0 unspecified atom stereocenters. The summed E-state index contributed by atoms with van der Waals surface area (Å²) in [6.45, 7) is 4.28. The van der Waals surface area contributed by atoms with E-state index in [0.717, 1.165) is 34.8 Å². The Morgan fingerprint density at radius 1 is 1.28 bits per heavy atom. The lowest BCUT2D eigenvalue weighted by molar-refractivity contribution is 0.103. The molecular formula is C19H21N3O2S. The third kappa shape index (κ3) is 3.91. The molecule has 0 saturated carbocycles. The Bertz CT molecular complexity index is 836. The Hall–Kier alpha value is -2.60. The smallest absolute Gasteiger partial charge is 0.265 e. The highest BCUT2D eigenvalue weighted by atomic mass is 32.1. The van der Waals surface area contributed by atoms with Gasteiger partial charge < -0.3 is 10.1 Å². The largest absolute Gasteiger partial charge is 0.497 e. The lowest BCUT2D eigenvalue weighted by atomic mass is 10.0. The predicted molar refractivity (Wildman–Crippen MR) is 101 cm³/mol. The van der Waals surface area contributed by atoms with E-state index in [1.807, 2.05) is 41.8 Å². The van der Waals surface area contributed by atoms with Crippen molar-refractivity contribution in [2.24, 2.45) is 5.92 Å². The number of nitrogens with one attached hydrogen (secondary N) is 2. The van der Waals surface area contributed by atoms with Gasteiger partial charge in [-0.05, 0) is 48.1 Å². The number of hydrogen-bond donors (Lipinski definition) is 2. The number of nitrogens with zero attached hydrogens (tertiary/aromatic N) is 1. The molecule has 0 spiro atoms. The minimum atomic E-state index is -0.115. The van der Waals surface area contributed by atoms with Crippen molar-refractivity contribution in [2.75, 3.05) is 12.4 Å². The average molecular weight is 355 g/mol. The number of aromatic nitrogens is 2. The highest BCUT2D eigenvalue weighted by Crippen LogP contribution is 2.32. The van der Waals surface area contributed by atoms with E-state index in [9.17, 15) is 4.79 Å². The number of benzene rings is 1. The molecule has 0 bridgehead atoms. The molecule has 130 valence electrons. The molecular weight excluding hydrogens is 334 g/mol. The van der Waals surface area contributed by atoms with Crippen LogP contribution in [0.5, 0.6) is 5.75 Å². The Labute approximate surface area is 151 Å². The van der Waals surface area contributed by atoms with Crippen LogP contribution in [0, 0.1) is 5.92 Å². The molecule has 0 fully saturated rings. The molecule has 0 aliphatic heterocycles. The summed E-state index contributed by atoms with van der Waals surface area (Å²) in [5.41, 5.74) is 3.35. The lowest BCUT2D eigenvalue weighted by Gasteiger charge is -2.09. The highest BCUT2D eigenvalue weighted by molar-refractivity contribution is 7.12. The van der Waals surface area contributed by atoms with Gasteiger partial charge in [-0.1, -0.05) is 19.9 Å². The summed E-state index contributed by atoms with van der Waals surface area (Å²) < 4.78 is 5.21. The summed E-state index contributed by atoms with van der Waals surface area (Å²) in [7, 11) is 1.64. The van der Waals surface area contributed by atoms with Crippen LogP contribution in [0.1, 0.15) is 29.2 Å². The molecule has 1 aromatic carbocycles. The molecule has 0 aliphatic rings. The van der Waals surface area contributed by atoms with E-state index in [1.165, 1.54) is 11.3 Å². The van der Waals surface area contributed by atoms with Gasteiger partial charge >= 0.3 is 0 Å². The third-order valence-corrected chi connectivity index (χ3v) is 4.67. The molecule has 2 heterocycles. The fourth-order valence-corrected chi connectivity index (χ4v) is 3.23. The molecule has 1 amide bonds. The van der Waals surface area contributed by atoms with Gasteiger partial charge in [0.15, 0.2) is 0 Å². The second-order valence-corrected chi connectivity index (χ2v) is 7.13. The van der Waals surface area contributed by atoms with Gasteiger partial charge in [-0.15, -0.1) is 11.3 Å². The number of carbonyl (C=O) groups excluding carboxylic acids is 1. The Balaban J connectivity index is 1.96. The van der Waals surface area contributed by atoms with Crippen LogP contribution in [0.4, 0.5) is 5.69 Å². The SMILES string of the molecule is COc1ccc(-c2n[nH]c(CC(C)C)c2NC(=O)c2cccs2)cc1. The van der Waals surface area contributed by atoms with E-state index < -0.39 is 0 Å². The Morgan fingerprint density at radius 2 is 2.04 bits per heavy atom. The number of anilines is 1. The number of H-pyrrole nitrogens is 1. The Kier molecular flexibility index (Phi) is 5.19. The second-order valence-electron chi connectivity index (χ2n) is 6.18. The van der Waals surface area contributed by atoms with Crippen molar-refractivity contribution in [3.63, 3.8) is 0 Å². The summed E-state index contributed by atoms with van der Waals surface area (Å²) in [5.74, 6) is 1.11. The van der Waals surface area contributed by atoms with E-state index in [1.54, 1.807) is 7.11 Å². The molecule has 0 aliphatic carbocycles. The molecule has 0 saturated heterocycles. The van der Waals surface area contributed by atoms with Crippen LogP contribution >= 0.6 is 11.3 Å². The quantitative estimate of drug-likeness (QED) is 0.679. The van der Waals surface area contributed by atoms with E-state index in [0.29, 0.717) is 10.8 Å². The van der Waals surface area contributed by atoms with Crippen molar-refractivity contribution in [3.05, 3.63) is 52.3 Å². The fourth-order valence-electron chi connectivity index (χ4n) is 2.61. The zero-order valence-electron chi connectivity index (χ0n) is 14.5. The van der Waals surface area contributed by atoms with Gasteiger partial charge in [0, 0.05) is 5.56 Å². The van der Waals surface area contributed by atoms with Gasteiger partial charge in [-0.2, -0.15) is 5.10 Å². The van der Waals surface area contributed by atoms with Crippen molar-refractivity contribution in [1.29, 1.82) is 0 Å². The number of aromatic amines is 1. The molecule has 0 radical (unpaired) electrons. The second kappa shape index (κ2) is 7.53. The molecule has 2 aromatic heterocycles. The number of carbonyl (C=O) groups is 1.